The van der Waals surface area contributed by atoms with Crippen molar-refractivity contribution in [3.63, 3.8) is 0 Å². The normalized spacial score (nSPS) is 12.9. The Morgan fingerprint density at radius 2 is 0.611 bits per heavy atom. The quantitative estimate of drug-likeness (QED) is 0.152. The molecule has 2 aliphatic carbocycles. The molecule has 0 spiro atoms. The van der Waals surface area contributed by atoms with Gasteiger partial charge in [-0.25, -0.2) is 19.9 Å². The number of halogens is 1. The number of hydrogen-bond donors (Lipinski definition) is 1. The highest BCUT2D eigenvalue weighted by molar-refractivity contribution is 9.10. The number of fused-ring (bicyclic) bond motifs is 24. The zero-order valence-corrected chi connectivity index (χ0v) is 71.0. The summed E-state index contributed by atoms with van der Waals surface area (Å²) in [4.78, 5) is 21.2. The third kappa shape index (κ3) is 11.8. The summed E-state index contributed by atoms with van der Waals surface area (Å²) in [5.74, 6) is 1.35. The molecule has 0 unspecified atom stereocenters. The topological polar surface area (TPSA) is 123 Å². The third-order valence-electron chi connectivity index (χ3n) is 26.4. The van der Waals surface area contributed by atoms with Gasteiger partial charge >= 0.3 is 7.48 Å². The number of benzene rings is 18. The van der Waals surface area contributed by atoms with E-state index in [2.05, 4.69) is 402 Å². The molecule has 0 saturated heterocycles. The van der Waals surface area contributed by atoms with Gasteiger partial charge < -0.3 is 19.6 Å². The van der Waals surface area contributed by atoms with Crippen LogP contribution in [-0.2, 0) is 10.8 Å². The van der Waals surface area contributed by atoms with Crippen LogP contribution in [0.15, 0.2) is 393 Å². The molecule has 126 heavy (non-hydrogen) atoms. The van der Waals surface area contributed by atoms with Crippen LogP contribution in [0, 0.1) is 0 Å². The Labute approximate surface area is 735 Å². The molecule has 26 rings (SSSR count). The van der Waals surface area contributed by atoms with E-state index < -0.39 is 0 Å². The van der Waals surface area contributed by atoms with Crippen molar-refractivity contribution < 1.29 is 10.5 Å². The zero-order chi connectivity index (χ0) is 83.5. The van der Waals surface area contributed by atoms with Crippen LogP contribution in [0.4, 0.5) is 0 Å². The monoisotopic (exact) mass is 1680 g/mol. The average Bonchev–Trinajstić information content (AvgIpc) is 1.54. The van der Waals surface area contributed by atoms with Gasteiger partial charge in [-0.15, -0.1) is 0 Å². The summed E-state index contributed by atoms with van der Waals surface area (Å²) in [5.41, 5.74) is 30.8. The Bertz CT molecular complexity index is 8610. The predicted molar refractivity (Wildman–Crippen MR) is 528 cm³/mol. The second-order valence-corrected chi connectivity index (χ2v) is 35.0. The Hall–Kier alpha value is -15.2. The van der Waals surface area contributed by atoms with E-state index in [0.29, 0.717) is 11.9 Å². The number of hydrogen-bond acceptors (Lipinski definition) is 5. The lowest BCUT2D eigenvalue weighted by Gasteiger charge is -2.22. The molecule has 0 bridgehead atoms. The first-order chi connectivity index (χ1) is 61.4. The molecule has 10 nitrogen and oxygen atoms in total. The molecular formula is C114H79BBrN8O2. The van der Waals surface area contributed by atoms with Gasteiger partial charge in [0.2, 0.25) is 11.9 Å². The van der Waals surface area contributed by atoms with E-state index in [-0.39, 0.29) is 16.3 Å². The van der Waals surface area contributed by atoms with Crippen LogP contribution >= 0.6 is 15.9 Å². The van der Waals surface area contributed by atoms with E-state index in [4.69, 9.17) is 19.9 Å². The fraction of sp³-hybridized carbons (Fsp3) is 0.0526. The van der Waals surface area contributed by atoms with E-state index in [1.54, 1.807) is 0 Å². The molecule has 24 aromatic rings. The van der Waals surface area contributed by atoms with E-state index in [1.807, 2.05) is 48.5 Å². The van der Waals surface area contributed by atoms with Crippen molar-refractivity contribution >= 4 is 159 Å². The van der Waals surface area contributed by atoms with Crippen molar-refractivity contribution in [2.24, 2.45) is 0 Å². The highest BCUT2D eigenvalue weighted by atomic mass is 79.9. The van der Waals surface area contributed by atoms with Crippen LogP contribution in [-0.4, -0.2) is 56.2 Å². The fourth-order valence-corrected chi connectivity index (χ4v) is 20.9. The molecule has 12 heteroatoms. The lowest BCUT2D eigenvalue weighted by Crippen LogP contribution is -2.15. The molecule has 6 heterocycles. The first kappa shape index (κ1) is 75.8. The molecule has 0 fully saturated rings. The SMILES string of the molecule is CC1(C)c2cc3c(cc2-c2c1ccc1ccccc21)c1cc(-c2ccc4c(c2)c2ccccc2n4-c2ccccc2)ccc1n3-c1nc(-c2ccccc2)c2ccccc2n1.CC1(C)c2cc3c(cc2-c2c1ccc1ccccc21)c1cc(Br)ccc1n3-c1nc(-c2ccccc2)c2ccccc2n1.O.O[B]c1ccc2c(c1)c1ccccc1n2-c1ccccc1. The van der Waals surface area contributed by atoms with E-state index in [9.17, 15) is 5.02 Å². The van der Waals surface area contributed by atoms with Gasteiger partial charge in [0.05, 0.1) is 66.6 Å². The van der Waals surface area contributed by atoms with Crippen molar-refractivity contribution in [1.82, 2.24) is 38.2 Å². The molecule has 0 aliphatic heterocycles. The van der Waals surface area contributed by atoms with Gasteiger partial charge in [0.1, 0.15) is 0 Å². The summed E-state index contributed by atoms with van der Waals surface area (Å²) in [7, 11) is 1.15. The molecule has 0 amide bonds. The van der Waals surface area contributed by atoms with Gasteiger partial charge in [-0.05, 0) is 199 Å². The minimum absolute atomic E-state index is 0. The maximum atomic E-state index is 9.26. The molecule has 2 aliphatic rings. The second-order valence-electron chi connectivity index (χ2n) is 34.1. The molecule has 18 aromatic carbocycles. The van der Waals surface area contributed by atoms with Crippen LogP contribution < -0.4 is 5.46 Å². The summed E-state index contributed by atoms with van der Waals surface area (Å²) in [6.45, 7) is 9.44. The van der Waals surface area contributed by atoms with E-state index in [0.717, 1.165) is 106 Å². The largest absolute Gasteiger partial charge is 0.450 e. The zero-order valence-electron chi connectivity index (χ0n) is 69.4. The second kappa shape index (κ2) is 29.5. The molecule has 597 valence electrons. The van der Waals surface area contributed by atoms with Crippen LogP contribution in [0.3, 0.4) is 0 Å². The summed E-state index contributed by atoms with van der Waals surface area (Å²) in [6.07, 6.45) is 0. The predicted octanol–water partition coefficient (Wildman–Crippen LogP) is 27.4. The standard InChI is InChI=1S/C57H38N4.C39H26BrN3.C18H13BNO.H2O/c1-57(2)47-28-25-35-15-9-10-20-40(35)54(47)46-33-45-44-32-38(37-26-29-51-43(31-37)41-21-12-14-24-50(41)60(51)39-18-7-4-8-19-39)27-30-52(44)61(53(45)34-48(46)57)56-58-49-23-13-11-22-42(49)55(59-56)36-16-5-3-6-17-36;1-39(2)31-18-16-23-10-6-7-13-26(23)36(31)30-21-29-28-20-25(40)17-19-34(28)43(35(29)22-32(30)39)38-41-33-15-9-8-14-27(33)37(42-38)24-11-4-3-5-12-24;21-19-13-10-11-18-16(12-13)15-8-4-5-9-17(15)20(18)14-6-2-1-3-7-14;/h3-34H,1-2H3;3-22H,1-2H3;1-12,21H;1H2. The summed E-state index contributed by atoms with van der Waals surface area (Å²) < 4.78 is 10.2. The molecule has 0 saturated carbocycles. The number of aromatic nitrogens is 8. The lowest BCUT2D eigenvalue weighted by molar-refractivity contribution is 0.615. The van der Waals surface area contributed by atoms with E-state index in [1.165, 1.54) is 131 Å². The van der Waals surface area contributed by atoms with Crippen molar-refractivity contribution in [3.8, 4) is 79.2 Å². The van der Waals surface area contributed by atoms with Gasteiger partial charge in [-0.1, -0.05) is 316 Å². The molecule has 6 aromatic heterocycles. The summed E-state index contributed by atoms with van der Waals surface area (Å²) >= 11 is 3.76. The fourth-order valence-electron chi connectivity index (χ4n) is 20.5. The summed E-state index contributed by atoms with van der Waals surface area (Å²) in [6, 6.07) is 139. The highest BCUT2D eigenvalue weighted by Gasteiger charge is 2.40. The third-order valence-corrected chi connectivity index (χ3v) is 26.9. The lowest BCUT2D eigenvalue weighted by atomic mass is 9.82. The van der Waals surface area contributed by atoms with Gasteiger partial charge in [0, 0.05) is 91.7 Å². The Balaban J connectivity index is 0.000000121. The van der Waals surface area contributed by atoms with Crippen LogP contribution in [0.1, 0.15) is 49.9 Å². The Kier molecular flexibility index (Phi) is 17.8. The summed E-state index contributed by atoms with van der Waals surface area (Å²) in [5, 5.41) is 26.0. The van der Waals surface area contributed by atoms with Crippen LogP contribution in [0.25, 0.3) is 210 Å². The number of rotatable bonds is 8. The first-order valence-electron chi connectivity index (χ1n) is 42.6. The highest BCUT2D eigenvalue weighted by Crippen LogP contribution is 2.56. The maximum absolute atomic E-state index is 9.26. The van der Waals surface area contributed by atoms with Crippen LogP contribution in [0.2, 0.25) is 0 Å². The first-order valence-corrected chi connectivity index (χ1v) is 43.4. The Morgan fingerprint density at radius 3 is 1.07 bits per heavy atom. The smallest absolute Gasteiger partial charge is 0.326 e. The van der Waals surface area contributed by atoms with Crippen LogP contribution in [0.5, 0.6) is 0 Å². The molecule has 1 radical (unpaired) electrons. The number of nitrogens with zero attached hydrogens (tertiary/aromatic N) is 8. The minimum Gasteiger partial charge on any atom is -0.450 e. The Morgan fingerprint density at radius 1 is 0.262 bits per heavy atom. The van der Waals surface area contributed by atoms with E-state index >= 15 is 0 Å². The van der Waals surface area contributed by atoms with Gasteiger partial charge in [-0.2, -0.15) is 0 Å². The molecule has 3 N–H and O–H groups in total. The van der Waals surface area contributed by atoms with Crippen molar-refractivity contribution in [1.29, 1.82) is 0 Å². The van der Waals surface area contributed by atoms with Crippen molar-refractivity contribution in [2.45, 2.75) is 38.5 Å². The van der Waals surface area contributed by atoms with Gasteiger partial charge in [0.15, 0.2) is 0 Å². The minimum atomic E-state index is -0.205. The van der Waals surface area contributed by atoms with Crippen molar-refractivity contribution in [2.75, 3.05) is 0 Å². The van der Waals surface area contributed by atoms with Crippen molar-refractivity contribution in [3.05, 3.63) is 415 Å². The maximum Gasteiger partial charge on any atom is 0.326 e. The van der Waals surface area contributed by atoms with Gasteiger partial charge in [-0.3, -0.25) is 9.13 Å². The number of para-hydroxylation sites is 6. The molecular weight excluding hydrogens is 1600 g/mol. The molecule has 0 atom stereocenters. The average molecular weight is 1680 g/mol. The van der Waals surface area contributed by atoms with Gasteiger partial charge in [0.25, 0.3) is 0 Å².